The number of esters is 1. The maximum absolute atomic E-state index is 11.6. The second kappa shape index (κ2) is 4.43. The minimum absolute atomic E-state index is 0.0207. The highest BCUT2D eigenvalue weighted by atomic mass is 16.5. The maximum Gasteiger partial charge on any atom is 0.356 e. The molecule has 0 saturated heterocycles. The van der Waals surface area contributed by atoms with E-state index in [1.165, 1.54) is 0 Å². The molecule has 1 aromatic heterocycles. The summed E-state index contributed by atoms with van der Waals surface area (Å²) in [5, 5.41) is 0. The monoisotopic (exact) mass is 219 g/mol. The molecule has 0 fully saturated rings. The molecule has 1 aliphatic carbocycles. The van der Waals surface area contributed by atoms with Gasteiger partial charge in [-0.25, -0.2) is 9.78 Å². The number of carbonyl (C=O) groups is 2. The Morgan fingerprint density at radius 3 is 3.00 bits per heavy atom. The van der Waals surface area contributed by atoms with E-state index >= 15 is 0 Å². The van der Waals surface area contributed by atoms with Crippen molar-refractivity contribution >= 4 is 11.8 Å². The SMILES string of the molecule is CCOC(=O)c1ccc2c(n1)C(=O)CCC2. The van der Waals surface area contributed by atoms with Gasteiger partial charge in [0, 0.05) is 6.42 Å². The van der Waals surface area contributed by atoms with E-state index in [4.69, 9.17) is 4.74 Å². The molecular formula is C12H13NO3. The van der Waals surface area contributed by atoms with Crippen LogP contribution in [0, 0.1) is 0 Å². The Morgan fingerprint density at radius 2 is 2.25 bits per heavy atom. The first-order chi connectivity index (χ1) is 7.72. The molecule has 0 amide bonds. The first-order valence-corrected chi connectivity index (χ1v) is 5.42. The number of carbonyl (C=O) groups excluding carboxylic acids is 2. The van der Waals surface area contributed by atoms with E-state index in [1.54, 1.807) is 19.1 Å². The molecule has 0 spiro atoms. The van der Waals surface area contributed by atoms with Crippen molar-refractivity contribution in [3.63, 3.8) is 0 Å². The third-order valence-corrected chi connectivity index (χ3v) is 2.58. The van der Waals surface area contributed by atoms with Gasteiger partial charge < -0.3 is 4.74 Å². The first-order valence-electron chi connectivity index (χ1n) is 5.42. The number of fused-ring (bicyclic) bond motifs is 1. The summed E-state index contributed by atoms with van der Waals surface area (Å²) in [5.74, 6) is -0.448. The van der Waals surface area contributed by atoms with Crippen LogP contribution >= 0.6 is 0 Å². The zero-order valence-corrected chi connectivity index (χ0v) is 9.16. The van der Waals surface area contributed by atoms with E-state index in [9.17, 15) is 9.59 Å². The van der Waals surface area contributed by atoms with Crippen molar-refractivity contribution in [1.29, 1.82) is 0 Å². The number of hydrogen-bond donors (Lipinski definition) is 0. The van der Waals surface area contributed by atoms with Crippen molar-refractivity contribution in [2.75, 3.05) is 6.61 Å². The third kappa shape index (κ3) is 1.96. The fourth-order valence-corrected chi connectivity index (χ4v) is 1.81. The average Bonchev–Trinajstić information content (AvgIpc) is 2.29. The number of hydrogen-bond acceptors (Lipinski definition) is 4. The lowest BCUT2D eigenvalue weighted by Gasteiger charge is -2.13. The van der Waals surface area contributed by atoms with Crippen molar-refractivity contribution in [2.45, 2.75) is 26.2 Å². The van der Waals surface area contributed by atoms with Gasteiger partial charge in [0.15, 0.2) is 5.78 Å². The molecule has 84 valence electrons. The molecule has 1 aromatic rings. The largest absolute Gasteiger partial charge is 0.461 e. The summed E-state index contributed by atoms with van der Waals surface area (Å²) < 4.78 is 4.84. The second-order valence-corrected chi connectivity index (χ2v) is 3.70. The Balaban J connectivity index is 2.34. The molecule has 0 bridgehead atoms. The van der Waals surface area contributed by atoms with Crippen LogP contribution in [0.1, 0.15) is 46.3 Å². The summed E-state index contributed by atoms with van der Waals surface area (Å²) in [7, 11) is 0. The zero-order valence-electron chi connectivity index (χ0n) is 9.16. The molecule has 0 radical (unpaired) electrons. The Kier molecular flexibility index (Phi) is 2.99. The van der Waals surface area contributed by atoms with Crippen LogP contribution in [-0.2, 0) is 11.2 Å². The van der Waals surface area contributed by atoms with E-state index in [0.717, 1.165) is 18.4 Å². The maximum atomic E-state index is 11.6. The normalized spacial score (nSPS) is 14.4. The van der Waals surface area contributed by atoms with E-state index in [1.807, 2.05) is 0 Å². The minimum Gasteiger partial charge on any atom is -0.461 e. The predicted octanol–water partition coefficient (Wildman–Crippen LogP) is 1.78. The van der Waals surface area contributed by atoms with Crippen LogP contribution in [0.3, 0.4) is 0 Å². The Hall–Kier alpha value is -1.71. The lowest BCUT2D eigenvalue weighted by molar-refractivity contribution is 0.0519. The number of aromatic nitrogens is 1. The number of ether oxygens (including phenoxy) is 1. The van der Waals surface area contributed by atoms with Crippen LogP contribution < -0.4 is 0 Å². The van der Waals surface area contributed by atoms with Gasteiger partial charge in [-0.05, 0) is 31.4 Å². The molecule has 1 heterocycles. The highest BCUT2D eigenvalue weighted by Gasteiger charge is 2.20. The van der Waals surface area contributed by atoms with E-state index in [-0.39, 0.29) is 11.5 Å². The molecule has 4 nitrogen and oxygen atoms in total. The highest BCUT2D eigenvalue weighted by Crippen LogP contribution is 2.19. The third-order valence-electron chi connectivity index (χ3n) is 2.58. The highest BCUT2D eigenvalue weighted by molar-refractivity contribution is 5.98. The van der Waals surface area contributed by atoms with Gasteiger partial charge in [-0.1, -0.05) is 6.07 Å². The first kappa shape index (κ1) is 10.8. The number of nitrogens with zero attached hydrogens (tertiary/aromatic N) is 1. The average molecular weight is 219 g/mol. The van der Waals surface area contributed by atoms with Gasteiger partial charge in [-0.2, -0.15) is 0 Å². The van der Waals surface area contributed by atoms with Gasteiger partial charge in [-0.15, -0.1) is 0 Å². The molecule has 0 N–H and O–H groups in total. The quantitative estimate of drug-likeness (QED) is 0.711. The van der Waals surface area contributed by atoms with Crippen molar-refractivity contribution in [3.05, 3.63) is 29.1 Å². The molecule has 1 aliphatic rings. The second-order valence-electron chi connectivity index (χ2n) is 3.70. The van der Waals surface area contributed by atoms with Crippen LogP contribution in [0.2, 0.25) is 0 Å². The summed E-state index contributed by atoms with van der Waals surface area (Å²) >= 11 is 0. The molecule has 0 aliphatic heterocycles. The van der Waals surface area contributed by atoms with Crippen LogP contribution in [0.4, 0.5) is 0 Å². The Labute approximate surface area is 93.6 Å². The molecule has 0 saturated carbocycles. The van der Waals surface area contributed by atoms with Crippen molar-refractivity contribution < 1.29 is 14.3 Å². The van der Waals surface area contributed by atoms with E-state index in [0.29, 0.717) is 18.7 Å². The minimum atomic E-state index is -0.469. The topological polar surface area (TPSA) is 56.3 Å². The molecule has 16 heavy (non-hydrogen) atoms. The molecular weight excluding hydrogens is 206 g/mol. The molecule has 0 atom stereocenters. The van der Waals surface area contributed by atoms with Gasteiger partial charge in [0.2, 0.25) is 0 Å². The smallest absolute Gasteiger partial charge is 0.356 e. The Morgan fingerprint density at radius 1 is 1.44 bits per heavy atom. The molecule has 0 aromatic carbocycles. The number of Topliss-reactive ketones (excluding diaryl/α,β-unsaturated/α-hetero) is 1. The van der Waals surface area contributed by atoms with Crippen LogP contribution in [0.25, 0.3) is 0 Å². The van der Waals surface area contributed by atoms with E-state index in [2.05, 4.69) is 4.98 Å². The molecule has 4 heteroatoms. The number of pyridine rings is 1. The van der Waals surface area contributed by atoms with Gasteiger partial charge in [0.25, 0.3) is 0 Å². The van der Waals surface area contributed by atoms with Gasteiger partial charge >= 0.3 is 5.97 Å². The number of rotatable bonds is 2. The predicted molar refractivity (Wildman–Crippen MR) is 57.5 cm³/mol. The van der Waals surface area contributed by atoms with Crippen molar-refractivity contribution in [2.24, 2.45) is 0 Å². The fourth-order valence-electron chi connectivity index (χ4n) is 1.81. The molecule has 0 unspecified atom stereocenters. The van der Waals surface area contributed by atoms with Crippen LogP contribution in [0.5, 0.6) is 0 Å². The number of aryl methyl sites for hydroxylation is 1. The summed E-state index contributed by atoms with van der Waals surface area (Å²) in [4.78, 5) is 27.1. The van der Waals surface area contributed by atoms with Gasteiger partial charge in [-0.3, -0.25) is 4.79 Å². The van der Waals surface area contributed by atoms with Crippen molar-refractivity contribution in [1.82, 2.24) is 4.98 Å². The van der Waals surface area contributed by atoms with Gasteiger partial charge in [0.05, 0.1) is 6.61 Å². The summed E-state index contributed by atoms with van der Waals surface area (Å²) in [5.41, 5.74) is 1.59. The van der Waals surface area contributed by atoms with Crippen molar-refractivity contribution in [3.8, 4) is 0 Å². The summed E-state index contributed by atoms with van der Waals surface area (Å²) in [6.45, 7) is 2.05. The van der Waals surface area contributed by atoms with Gasteiger partial charge in [0.1, 0.15) is 11.4 Å². The number of ketones is 1. The summed E-state index contributed by atoms with van der Waals surface area (Å²) in [6, 6.07) is 3.42. The van der Waals surface area contributed by atoms with Crippen LogP contribution in [-0.4, -0.2) is 23.3 Å². The fraction of sp³-hybridized carbons (Fsp3) is 0.417. The summed E-state index contributed by atoms with van der Waals surface area (Å²) in [6.07, 6.45) is 2.25. The zero-order chi connectivity index (χ0) is 11.5. The molecule has 2 rings (SSSR count). The Bertz CT molecular complexity index is 440. The standard InChI is InChI=1S/C12H13NO3/c1-2-16-12(15)9-7-6-8-4-3-5-10(14)11(8)13-9/h6-7H,2-5H2,1H3. The lowest BCUT2D eigenvalue weighted by atomic mass is 9.95. The lowest BCUT2D eigenvalue weighted by Crippen LogP contribution is -2.16. The van der Waals surface area contributed by atoms with E-state index < -0.39 is 5.97 Å². The van der Waals surface area contributed by atoms with Crippen LogP contribution in [0.15, 0.2) is 12.1 Å².